The molecule has 7 heteroatoms. The van der Waals surface area contributed by atoms with Crippen LogP contribution in [0.4, 0.5) is 5.69 Å². The SMILES string of the molecule is CCN(CC)C(=O)Cn1ccc2cc(NC(=O)CC3CSCCN3)ccc21. The molecule has 0 aliphatic carbocycles. The van der Waals surface area contributed by atoms with Gasteiger partial charge in [0.15, 0.2) is 0 Å². The van der Waals surface area contributed by atoms with Gasteiger partial charge in [-0.15, -0.1) is 0 Å². The largest absolute Gasteiger partial charge is 0.342 e. The van der Waals surface area contributed by atoms with Gasteiger partial charge in [-0.05, 0) is 38.1 Å². The summed E-state index contributed by atoms with van der Waals surface area (Å²) >= 11 is 1.89. The topological polar surface area (TPSA) is 66.4 Å². The van der Waals surface area contributed by atoms with E-state index in [0.717, 1.165) is 47.7 Å². The van der Waals surface area contributed by atoms with Crippen LogP contribution in [0.1, 0.15) is 20.3 Å². The third-order valence-corrected chi connectivity index (χ3v) is 6.04. The van der Waals surface area contributed by atoms with Gasteiger partial charge in [0.05, 0.1) is 0 Å². The molecule has 0 spiro atoms. The van der Waals surface area contributed by atoms with E-state index < -0.39 is 0 Å². The van der Waals surface area contributed by atoms with E-state index in [9.17, 15) is 9.59 Å². The van der Waals surface area contributed by atoms with Crippen LogP contribution in [0.3, 0.4) is 0 Å². The average molecular weight is 389 g/mol. The van der Waals surface area contributed by atoms with Crippen molar-refractivity contribution in [2.24, 2.45) is 0 Å². The van der Waals surface area contributed by atoms with Crippen molar-refractivity contribution in [2.75, 3.05) is 36.5 Å². The fourth-order valence-corrected chi connectivity index (χ4v) is 4.37. The highest BCUT2D eigenvalue weighted by Gasteiger charge is 2.17. The number of benzene rings is 1. The Hall–Kier alpha value is -1.99. The van der Waals surface area contributed by atoms with E-state index in [0.29, 0.717) is 13.0 Å². The average Bonchev–Trinajstić information content (AvgIpc) is 3.05. The Bertz CT molecular complexity index is 794. The summed E-state index contributed by atoms with van der Waals surface area (Å²) < 4.78 is 1.96. The number of nitrogens with one attached hydrogen (secondary N) is 2. The molecule has 2 amide bonds. The number of carbonyl (C=O) groups is 2. The molecule has 3 rings (SSSR count). The lowest BCUT2D eigenvalue weighted by Gasteiger charge is -2.22. The van der Waals surface area contributed by atoms with Gasteiger partial charge in [0.1, 0.15) is 6.54 Å². The van der Waals surface area contributed by atoms with Crippen LogP contribution in [0.5, 0.6) is 0 Å². The third kappa shape index (κ3) is 5.05. The first-order chi connectivity index (χ1) is 13.1. The van der Waals surface area contributed by atoms with E-state index in [2.05, 4.69) is 10.6 Å². The second-order valence-corrected chi connectivity index (χ2v) is 7.91. The van der Waals surface area contributed by atoms with Crippen LogP contribution in [-0.2, 0) is 16.1 Å². The van der Waals surface area contributed by atoms with Gasteiger partial charge in [-0.25, -0.2) is 0 Å². The second-order valence-electron chi connectivity index (χ2n) is 6.76. The summed E-state index contributed by atoms with van der Waals surface area (Å²) in [7, 11) is 0. The summed E-state index contributed by atoms with van der Waals surface area (Å²) in [4.78, 5) is 26.5. The maximum absolute atomic E-state index is 12.4. The molecule has 1 aliphatic heterocycles. The summed E-state index contributed by atoms with van der Waals surface area (Å²) in [6.45, 7) is 6.73. The standard InChI is InChI=1S/C20H28N4O2S/c1-3-23(4-2)20(26)13-24-9-7-15-11-16(5-6-18(15)24)22-19(25)12-17-14-27-10-8-21-17/h5-7,9,11,17,21H,3-4,8,10,12-14H2,1-2H3,(H,22,25). The van der Waals surface area contributed by atoms with Gasteiger partial charge in [-0.1, -0.05) is 0 Å². The van der Waals surface area contributed by atoms with Crippen molar-refractivity contribution < 1.29 is 9.59 Å². The predicted octanol–water partition coefficient (Wildman–Crippen LogP) is 2.54. The molecule has 2 N–H and O–H groups in total. The highest BCUT2D eigenvalue weighted by molar-refractivity contribution is 7.99. The highest BCUT2D eigenvalue weighted by atomic mass is 32.2. The van der Waals surface area contributed by atoms with Gasteiger partial charge >= 0.3 is 0 Å². The molecule has 1 atom stereocenters. The molecule has 0 saturated carbocycles. The minimum atomic E-state index is 0.0329. The highest BCUT2D eigenvalue weighted by Crippen LogP contribution is 2.21. The molecule has 1 aliphatic rings. The first-order valence-corrected chi connectivity index (χ1v) is 10.7. The predicted molar refractivity (Wildman–Crippen MR) is 112 cm³/mol. The van der Waals surface area contributed by atoms with Gasteiger partial charge in [0.2, 0.25) is 11.8 Å². The van der Waals surface area contributed by atoms with E-state index in [-0.39, 0.29) is 17.9 Å². The van der Waals surface area contributed by atoms with Crippen LogP contribution < -0.4 is 10.6 Å². The van der Waals surface area contributed by atoms with Crippen LogP contribution in [0.2, 0.25) is 0 Å². The maximum atomic E-state index is 12.4. The van der Waals surface area contributed by atoms with Crippen molar-refractivity contribution in [3.63, 3.8) is 0 Å². The smallest absolute Gasteiger partial charge is 0.242 e. The van der Waals surface area contributed by atoms with Crippen molar-refractivity contribution >= 4 is 40.2 Å². The number of rotatable bonds is 7. The molecule has 0 radical (unpaired) electrons. The molecule has 146 valence electrons. The van der Waals surface area contributed by atoms with Crippen LogP contribution in [0, 0.1) is 0 Å². The number of hydrogen-bond donors (Lipinski definition) is 2. The maximum Gasteiger partial charge on any atom is 0.242 e. The molecule has 27 heavy (non-hydrogen) atoms. The first-order valence-electron chi connectivity index (χ1n) is 9.58. The van der Waals surface area contributed by atoms with Crippen molar-refractivity contribution in [1.82, 2.24) is 14.8 Å². The number of aromatic nitrogens is 1. The molecule has 1 unspecified atom stereocenters. The number of amides is 2. The van der Waals surface area contributed by atoms with Crippen molar-refractivity contribution in [3.8, 4) is 0 Å². The lowest BCUT2D eigenvalue weighted by molar-refractivity contribution is -0.131. The minimum absolute atomic E-state index is 0.0329. The van der Waals surface area contributed by atoms with E-state index >= 15 is 0 Å². The summed E-state index contributed by atoms with van der Waals surface area (Å²) in [6, 6.07) is 8.07. The molecular formula is C20H28N4O2S. The summed E-state index contributed by atoms with van der Waals surface area (Å²) in [6.07, 6.45) is 2.42. The van der Waals surface area contributed by atoms with Gasteiger partial charge in [0, 0.05) is 66.4 Å². The third-order valence-electron chi connectivity index (χ3n) is 4.91. The Morgan fingerprint density at radius 2 is 2.11 bits per heavy atom. The van der Waals surface area contributed by atoms with Crippen LogP contribution in [0.25, 0.3) is 10.9 Å². The molecule has 2 aromatic rings. The fourth-order valence-electron chi connectivity index (χ4n) is 3.42. The van der Waals surface area contributed by atoms with Crippen LogP contribution in [-0.4, -0.2) is 58.5 Å². The van der Waals surface area contributed by atoms with Crippen LogP contribution in [0.15, 0.2) is 30.5 Å². The Labute approximate surface area is 164 Å². The Kier molecular flexibility index (Phi) is 6.79. The lowest BCUT2D eigenvalue weighted by Crippen LogP contribution is -2.39. The number of nitrogens with zero attached hydrogens (tertiary/aromatic N) is 2. The molecule has 1 aromatic heterocycles. The Morgan fingerprint density at radius 3 is 2.81 bits per heavy atom. The van der Waals surface area contributed by atoms with E-state index in [1.807, 2.05) is 65.5 Å². The zero-order valence-electron chi connectivity index (χ0n) is 16.0. The van der Waals surface area contributed by atoms with Crippen molar-refractivity contribution in [2.45, 2.75) is 32.9 Å². The van der Waals surface area contributed by atoms with E-state index in [1.54, 1.807) is 0 Å². The fraction of sp³-hybridized carbons (Fsp3) is 0.500. The minimum Gasteiger partial charge on any atom is -0.342 e. The summed E-state index contributed by atoms with van der Waals surface area (Å²) in [5.74, 6) is 2.25. The number of hydrogen-bond acceptors (Lipinski definition) is 4. The second kappa shape index (κ2) is 9.28. The van der Waals surface area contributed by atoms with Gasteiger partial charge in [0.25, 0.3) is 0 Å². The first kappa shape index (κ1) is 19.8. The molecule has 1 saturated heterocycles. The van der Waals surface area contributed by atoms with Gasteiger partial charge < -0.3 is 20.1 Å². The van der Waals surface area contributed by atoms with Gasteiger partial charge in [-0.2, -0.15) is 11.8 Å². The molecule has 1 fully saturated rings. The Morgan fingerprint density at radius 1 is 1.30 bits per heavy atom. The number of fused-ring (bicyclic) bond motifs is 1. The monoisotopic (exact) mass is 388 g/mol. The van der Waals surface area contributed by atoms with Crippen LogP contribution >= 0.6 is 11.8 Å². The molecule has 1 aromatic carbocycles. The number of carbonyl (C=O) groups excluding carboxylic acids is 2. The summed E-state index contributed by atoms with van der Waals surface area (Å²) in [5.41, 5.74) is 1.79. The molecular weight excluding hydrogens is 360 g/mol. The van der Waals surface area contributed by atoms with E-state index in [1.165, 1.54) is 0 Å². The zero-order valence-corrected chi connectivity index (χ0v) is 16.8. The number of likely N-dealkylation sites (N-methyl/N-ethyl adjacent to an activating group) is 1. The van der Waals surface area contributed by atoms with Crippen molar-refractivity contribution in [3.05, 3.63) is 30.5 Å². The van der Waals surface area contributed by atoms with E-state index in [4.69, 9.17) is 0 Å². The summed E-state index contributed by atoms with van der Waals surface area (Å²) in [5, 5.41) is 7.40. The molecule has 0 bridgehead atoms. The zero-order chi connectivity index (χ0) is 19.2. The normalized spacial score (nSPS) is 17.0. The lowest BCUT2D eigenvalue weighted by atomic mass is 10.2. The molecule has 6 nitrogen and oxygen atoms in total. The number of thioether (sulfide) groups is 1. The quantitative estimate of drug-likeness (QED) is 0.765. The Balaban J connectivity index is 1.64. The van der Waals surface area contributed by atoms with Gasteiger partial charge in [-0.3, -0.25) is 9.59 Å². The number of anilines is 1. The molecule has 2 heterocycles. The van der Waals surface area contributed by atoms with Crippen molar-refractivity contribution in [1.29, 1.82) is 0 Å².